The summed E-state index contributed by atoms with van der Waals surface area (Å²) >= 11 is 5.91. The molecular formula is C28H18BrIN2O. The summed E-state index contributed by atoms with van der Waals surface area (Å²) in [4.78, 5) is 19.1. The maximum absolute atomic E-state index is 14.0. The lowest BCUT2D eigenvalue weighted by molar-refractivity contribution is 0.103. The van der Waals surface area contributed by atoms with Gasteiger partial charge in [0.05, 0.1) is 0 Å². The molecule has 0 N–H and O–H groups in total. The van der Waals surface area contributed by atoms with Crippen molar-refractivity contribution in [2.24, 2.45) is 0 Å². The van der Waals surface area contributed by atoms with Gasteiger partial charge in [-0.05, 0) is 65.1 Å². The molecule has 0 saturated heterocycles. The van der Waals surface area contributed by atoms with Crippen molar-refractivity contribution in [3.63, 3.8) is 0 Å². The van der Waals surface area contributed by atoms with Crippen LogP contribution >= 0.6 is 38.5 Å². The molecule has 5 rings (SSSR count). The van der Waals surface area contributed by atoms with Gasteiger partial charge in [-0.3, -0.25) is 9.36 Å². The van der Waals surface area contributed by atoms with Crippen LogP contribution < -0.4 is 0 Å². The molecule has 0 aliphatic carbocycles. The normalized spacial score (nSPS) is 10.8. The van der Waals surface area contributed by atoms with Crippen molar-refractivity contribution in [2.45, 2.75) is 0 Å². The fraction of sp³-hybridized carbons (Fsp3) is 0. The summed E-state index contributed by atoms with van der Waals surface area (Å²) in [5.41, 5.74) is 4.51. The van der Waals surface area contributed by atoms with E-state index in [4.69, 9.17) is 4.98 Å². The first-order valence-corrected chi connectivity index (χ1v) is 12.3. The Hall–Kier alpha value is -3.03. The standard InChI is InChI=1S/C28H18BrIN2O/c29-24-14-8-7-13-23(24)25-26(27(33)19-15-17-21(30)18-16-19)32(22-11-5-2-6-12-22)28(31-25)20-9-3-1-4-10-20/h1-18H. The maximum atomic E-state index is 14.0. The predicted octanol–water partition coefficient (Wildman–Crippen LogP) is 7.80. The van der Waals surface area contributed by atoms with E-state index < -0.39 is 0 Å². The van der Waals surface area contributed by atoms with Crippen LogP contribution in [0.4, 0.5) is 0 Å². The van der Waals surface area contributed by atoms with E-state index in [2.05, 4.69) is 38.5 Å². The zero-order valence-electron chi connectivity index (χ0n) is 17.5. The number of rotatable bonds is 5. The quantitative estimate of drug-likeness (QED) is 0.151. The Morgan fingerprint density at radius 1 is 0.758 bits per heavy atom. The van der Waals surface area contributed by atoms with Crippen LogP contribution in [0.5, 0.6) is 0 Å². The van der Waals surface area contributed by atoms with Gasteiger partial charge in [0.25, 0.3) is 0 Å². The first kappa shape index (κ1) is 21.8. The number of carbonyl (C=O) groups is 1. The fourth-order valence-electron chi connectivity index (χ4n) is 3.82. The Kier molecular flexibility index (Phi) is 6.24. The first-order chi connectivity index (χ1) is 16.1. The minimum Gasteiger partial charge on any atom is -0.289 e. The number of imidazole rings is 1. The highest BCUT2D eigenvalue weighted by atomic mass is 127. The summed E-state index contributed by atoms with van der Waals surface area (Å²) in [7, 11) is 0. The second kappa shape index (κ2) is 9.45. The molecule has 0 bridgehead atoms. The molecule has 0 fully saturated rings. The second-order valence-corrected chi connectivity index (χ2v) is 9.59. The molecule has 4 aromatic carbocycles. The molecule has 0 unspecified atom stereocenters. The van der Waals surface area contributed by atoms with Crippen LogP contribution in [0.3, 0.4) is 0 Å². The third-order valence-electron chi connectivity index (χ3n) is 5.37. The highest BCUT2D eigenvalue weighted by Gasteiger charge is 2.27. The van der Waals surface area contributed by atoms with E-state index in [9.17, 15) is 4.79 Å². The summed E-state index contributed by atoms with van der Waals surface area (Å²) in [6.07, 6.45) is 0. The average molecular weight is 605 g/mol. The number of ketones is 1. The summed E-state index contributed by atoms with van der Waals surface area (Å²) in [6, 6.07) is 35.4. The number of para-hydroxylation sites is 1. The van der Waals surface area contributed by atoms with E-state index >= 15 is 0 Å². The second-order valence-electron chi connectivity index (χ2n) is 7.49. The van der Waals surface area contributed by atoms with Crippen LogP contribution in [0, 0.1) is 3.57 Å². The van der Waals surface area contributed by atoms with Gasteiger partial charge < -0.3 is 0 Å². The number of benzene rings is 4. The summed E-state index contributed by atoms with van der Waals surface area (Å²) in [5.74, 6) is 0.650. The molecule has 0 amide bonds. The SMILES string of the molecule is O=C(c1ccc(I)cc1)c1c(-c2ccccc2Br)nc(-c2ccccc2)n1-c1ccccc1. The minimum absolute atomic E-state index is 0.0734. The van der Waals surface area contributed by atoms with Crippen molar-refractivity contribution in [3.05, 3.63) is 128 Å². The van der Waals surface area contributed by atoms with Crippen LogP contribution in [-0.2, 0) is 0 Å². The number of carbonyl (C=O) groups excluding carboxylic acids is 1. The zero-order valence-corrected chi connectivity index (χ0v) is 21.2. The molecule has 5 heteroatoms. The number of hydrogen-bond donors (Lipinski definition) is 0. The first-order valence-electron chi connectivity index (χ1n) is 10.4. The van der Waals surface area contributed by atoms with E-state index in [0.717, 1.165) is 30.7 Å². The van der Waals surface area contributed by atoms with Gasteiger partial charge in [0, 0.05) is 30.4 Å². The number of nitrogens with zero attached hydrogens (tertiary/aromatic N) is 2. The van der Waals surface area contributed by atoms with Crippen LogP contribution in [0.25, 0.3) is 28.3 Å². The topological polar surface area (TPSA) is 34.9 Å². The van der Waals surface area contributed by atoms with E-state index in [1.54, 1.807) is 0 Å². The molecular weight excluding hydrogens is 587 g/mol. The highest BCUT2D eigenvalue weighted by Crippen LogP contribution is 2.36. The van der Waals surface area contributed by atoms with Gasteiger partial charge in [0.1, 0.15) is 17.2 Å². The lowest BCUT2D eigenvalue weighted by atomic mass is 10.0. The lowest BCUT2D eigenvalue weighted by Gasteiger charge is -2.13. The van der Waals surface area contributed by atoms with Gasteiger partial charge in [0.15, 0.2) is 0 Å². The van der Waals surface area contributed by atoms with Crippen LogP contribution in [0.2, 0.25) is 0 Å². The van der Waals surface area contributed by atoms with Crippen LogP contribution in [-0.4, -0.2) is 15.3 Å². The maximum Gasteiger partial charge on any atom is 0.212 e. The number of aromatic nitrogens is 2. The van der Waals surface area contributed by atoms with Gasteiger partial charge >= 0.3 is 0 Å². The van der Waals surface area contributed by atoms with Crippen molar-refractivity contribution in [3.8, 4) is 28.3 Å². The molecule has 1 heterocycles. The van der Waals surface area contributed by atoms with E-state index in [1.807, 2.05) is 114 Å². The lowest BCUT2D eigenvalue weighted by Crippen LogP contribution is -2.11. The summed E-state index contributed by atoms with van der Waals surface area (Å²) < 4.78 is 3.94. The molecule has 0 radical (unpaired) electrons. The molecule has 0 atom stereocenters. The van der Waals surface area contributed by atoms with Gasteiger partial charge in [-0.2, -0.15) is 0 Å². The van der Waals surface area contributed by atoms with Gasteiger partial charge in [-0.25, -0.2) is 4.98 Å². The molecule has 1 aromatic heterocycles. The smallest absolute Gasteiger partial charge is 0.212 e. The molecule has 0 spiro atoms. The molecule has 3 nitrogen and oxygen atoms in total. The van der Waals surface area contributed by atoms with Crippen molar-refractivity contribution in [2.75, 3.05) is 0 Å². The summed E-state index contributed by atoms with van der Waals surface area (Å²) in [5, 5.41) is 0. The zero-order chi connectivity index (χ0) is 22.8. The number of hydrogen-bond acceptors (Lipinski definition) is 2. The van der Waals surface area contributed by atoms with Gasteiger partial charge in [-0.1, -0.05) is 82.7 Å². The van der Waals surface area contributed by atoms with Crippen molar-refractivity contribution in [1.29, 1.82) is 0 Å². The van der Waals surface area contributed by atoms with E-state index in [-0.39, 0.29) is 5.78 Å². The van der Waals surface area contributed by atoms with Gasteiger partial charge in [0.2, 0.25) is 5.78 Å². The van der Waals surface area contributed by atoms with E-state index in [0.29, 0.717) is 17.0 Å². The molecule has 0 aliphatic heterocycles. The largest absolute Gasteiger partial charge is 0.289 e. The molecule has 0 aliphatic rings. The molecule has 5 aromatic rings. The Morgan fingerprint density at radius 2 is 1.36 bits per heavy atom. The van der Waals surface area contributed by atoms with Crippen molar-refractivity contribution < 1.29 is 4.79 Å². The van der Waals surface area contributed by atoms with Crippen LogP contribution in [0.1, 0.15) is 16.1 Å². The predicted molar refractivity (Wildman–Crippen MR) is 145 cm³/mol. The molecule has 33 heavy (non-hydrogen) atoms. The molecule has 160 valence electrons. The van der Waals surface area contributed by atoms with E-state index in [1.165, 1.54) is 0 Å². The Labute approximate surface area is 214 Å². The Morgan fingerprint density at radius 3 is 2.03 bits per heavy atom. The molecule has 0 saturated carbocycles. The third-order valence-corrected chi connectivity index (χ3v) is 6.78. The highest BCUT2D eigenvalue weighted by molar-refractivity contribution is 14.1. The fourth-order valence-corrected chi connectivity index (χ4v) is 4.65. The minimum atomic E-state index is -0.0734. The monoisotopic (exact) mass is 604 g/mol. The van der Waals surface area contributed by atoms with Crippen molar-refractivity contribution >= 4 is 44.3 Å². The Balaban J connectivity index is 1.86. The average Bonchev–Trinajstić information content (AvgIpc) is 3.26. The van der Waals surface area contributed by atoms with Crippen molar-refractivity contribution in [1.82, 2.24) is 9.55 Å². The van der Waals surface area contributed by atoms with Crippen LogP contribution in [0.15, 0.2) is 114 Å². The summed E-state index contributed by atoms with van der Waals surface area (Å²) in [6.45, 7) is 0. The Bertz CT molecular complexity index is 1430. The number of halogens is 2. The van der Waals surface area contributed by atoms with Gasteiger partial charge in [-0.15, -0.1) is 0 Å². The third kappa shape index (κ3) is 4.30.